The highest BCUT2D eigenvalue weighted by Gasteiger charge is 2.01. The number of nitrogens with zero attached hydrogens (tertiary/aromatic N) is 2. The number of H-pyrrole nitrogens is 1. The van der Waals surface area contributed by atoms with Crippen LogP contribution in [0.25, 0.3) is 0 Å². The zero-order valence-corrected chi connectivity index (χ0v) is 8.18. The van der Waals surface area contributed by atoms with Crippen LogP contribution < -0.4 is 10.5 Å². The fourth-order valence-corrected chi connectivity index (χ4v) is 1.16. The molecule has 0 aliphatic carbocycles. The zero-order chi connectivity index (χ0) is 10.5. The largest absolute Gasteiger partial charge is 0.486 e. The Morgan fingerprint density at radius 2 is 2.07 bits per heavy atom. The van der Waals surface area contributed by atoms with Crippen molar-refractivity contribution in [1.82, 2.24) is 15.2 Å². The molecule has 1 aromatic heterocycles. The lowest BCUT2D eigenvalue weighted by atomic mass is 10.3. The van der Waals surface area contributed by atoms with Crippen LogP contribution in [0.1, 0.15) is 11.6 Å². The van der Waals surface area contributed by atoms with Crippen molar-refractivity contribution in [2.75, 3.05) is 0 Å². The summed E-state index contributed by atoms with van der Waals surface area (Å²) in [5.41, 5.74) is 5.38. The molecular formula is C10H12N4O. The lowest BCUT2D eigenvalue weighted by Crippen LogP contribution is -2.00. The van der Waals surface area contributed by atoms with E-state index in [0.717, 1.165) is 5.75 Å². The minimum absolute atomic E-state index is 0.335. The molecular weight excluding hydrogens is 192 g/mol. The van der Waals surface area contributed by atoms with E-state index >= 15 is 0 Å². The number of rotatable bonds is 4. The van der Waals surface area contributed by atoms with Crippen molar-refractivity contribution >= 4 is 0 Å². The van der Waals surface area contributed by atoms with E-state index in [0.29, 0.717) is 24.8 Å². The topological polar surface area (TPSA) is 76.8 Å². The van der Waals surface area contributed by atoms with Gasteiger partial charge in [0.05, 0.1) is 6.54 Å². The summed E-state index contributed by atoms with van der Waals surface area (Å²) in [5, 5.41) is 6.67. The predicted octanol–water partition coefficient (Wildman–Crippen LogP) is 0.842. The van der Waals surface area contributed by atoms with Crippen molar-refractivity contribution in [1.29, 1.82) is 0 Å². The average Bonchev–Trinajstić information content (AvgIpc) is 2.76. The molecule has 0 fully saturated rings. The second-order valence-electron chi connectivity index (χ2n) is 3.00. The molecule has 0 aliphatic rings. The highest BCUT2D eigenvalue weighted by Crippen LogP contribution is 2.09. The summed E-state index contributed by atoms with van der Waals surface area (Å²) in [6.45, 7) is 0.707. The lowest BCUT2D eigenvalue weighted by molar-refractivity contribution is 0.296. The van der Waals surface area contributed by atoms with E-state index in [-0.39, 0.29) is 0 Å². The van der Waals surface area contributed by atoms with Gasteiger partial charge in [0.25, 0.3) is 0 Å². The molecule has 5 heteroatoms. The van der Waals surface area contributed by atoms with Crippen molar-refractivity contribution in [3.8, 4) is 5.75 Å². The summed E-state index contributed by atoms with van der Waals surface area (Å²) in [6, 6.07) is 9.55. The maximum atomic E-state index is 5.48. The molecule has 2 aromatic rings. The van der Waals surface area contributed by atoms with Crippen molar-refractivity contribution < 1.29 is 4.74 Å². The Morgan fingerprint density at radius 1 is 1.27 bits per heavy atom. The van der Waals surface area contributed by atoms with E-state index < -0.39 is 0 Å². The molecule has 0 unspecified atom stereocenters. The summed E-state index contributed by atoms with van der Waals surface area (Å²) in [4.78, 5) is 4.13. The normalized spacial score (nSPS) is 10.2. The second-order valence-corrected chi connectivity index (χ2v) is 3.00. The first kappa shape index (κ1) is 9.67. The minimum atomic E-state index is 0.335. The molecule has 0 spiro atoms. The second kappa shape index (κ2) is 4.56. The molecule has 1 heterocycles. The summed E-state index contributed by atoms with van der Waals surface area (Å²) in [5.74, 6) is 2.09. The van der Waals surface area contributed by atoms with E-state index in [1.165, 1.54) is 0 Å². The molecule has 0 atom stereocenters. The highest BCUT2D eigenvalue weighted by atomic mass is 16.5. The van der Waals surface area contributed by atoms with Crippen LogP contribution in [0.5, 0.6) is 5.75 Å². The molecule has 0 aliphatic heterocycles. The van der Waals surface area contributed by atoms with Gasteiger partial charge < -0.3 is 10.5 Å². The fourth-order valence-electron chi connectivity index (χ4n) is 1.16. The quantitative estimate of drug-likeness (QED) is 0.773. The van der Waals surface area contributed by atoms with Gasteiger partial charge in [-0.25, -0.2) is 4.98 Å². The molecule has 1 aromatic carbocycles. The number of nitrogens with two attached hydrogens (primary N) is 1. The van der Waals surface area contributed by atoms with Crippen molar-refractivity contribution in [2.24, 2.45) is 5.73 Å². The standard InChI is InChI=1S/C10H12N4O/c11-6-9-12-10(14-13-9)7-15-8-4-2-1-3-5-8/h1-5H,6-7,11H2,(H,12,13,14). The molecule has 2 rings (SSSR count). The third kappa shape index (κ3) is 2.54. The van der Waals surface area contributed by atoms with E-state index in [4.69, 9.17) is 10.5 Å². The third-order valence-corrected chi connectivity index (χ3v) is 1.88. The Bertz CT molecular complexity index is 412. The van der Waals surface area contributed by atoms with Gasteiger partial charge in [-0.05, 0) is 12.1 Å². The summed E-state index contributed by atoms with van der Waals surface area (Å²) >= 11 is 0. The van der Waals surface area contributed by atoms with Gasteiger partial charge in [-0.2, -0.15) is 5.10 Å². The molecule has 0 saturated heterocycles. The van der Waals surface area contributed by atoms with Crippen molar-refractivity contribution in [3.63, 3.8) is 0 Å². The van der Waals surface area contributed by atoms with E-state index in [9.17, 15) is 0 Å². The van der Waals surface area contributed by atoms with E-state index in [2.05, 4.69) is 15.2 Å². The third-order valence-electron chi connectivity index (χ3n) is 1.88. The van der Waals surface area contributed by atoms with E-state index in [1.54, 1.807) is 0 Å². The van der Waals surface area contributed by atoms with Crippen molar-refractivity contribution in [3.05, 3.63) is 42.0 Å². The number of aromatic amines is 1. The predicted molar refractivity (Wildman–Crippen MR) is 55.0 cm³/mol. The molecule has 0 saturated carbocycles. The summed E-state index contributed by atoms with van der Waals surface area (Å²) in [6.07, 6.45) is 0. The maximum absolute atomic E-state index is 5.48. The van der Waals surface area contributed by atoms with Gasteiger partial charge in [0.15, 0.2) is 11.6 Å². The van der Waals surface area contributed by atoms with Gasteiger partial charge in [-0.3, -0.25) is 5.10 Å². The molecule has 3 N–H and O–H groups in total. The van der Waals surface area contributed by atoms with Gasteiger partial charge in [-0.15, -0.1) is 0 Å². The first-order valence-electron chi connectivity index (χ1n) is 4.66. The smallest absolute Gasteiger partial charge is 0.164 e. The van der Waals surface area contributed by atoms with Crippen LogP contribution in [-0.2, 0) is 13.2 Å². The molecule has 0 amide bonds. The molecule has 0 bridgehead atoms. The lowest BCUT2D eigenvalue weighted by Gasteiger charge is -2.02. The average molecular weight is 204 g/mol. The van der Waals surface area contributed by atoms with Crippen LogP contribution in [0.15, 0.2) is 30.3 Å². The molecule has 15 heavy (non-hydrogen) atoms. The minimum Gasteiger partial charge on any atom is -0.486 e. The number of ether oxygens (including phenoxy) is 1. The Balaban J connectivity index is 1.93. The first-order valence-corrected chi connectivity index (χ1v) is 4.66. The number of aromatic nitrogens is 3. The SMILES string of the molecule is NCc1n[nH]c(COc2ccccc2)n1. The summed E-state index contributed by atoms with van der Waals surface area (Å²) < 4.78 is 5.48. The number of hydrogen-bond donors (Lipinski definition) is 2. The number of hydrogen-bond acceptors (Lipinski definition) is 4. The molecule has 5 nitrogen and oxygen atoms in total. The Kier molecular flexibility index (Phi) is 2.94. The monoisotopic (exact) mass is 204 g/mol. The van der Waals surface area contributed by atoms with Crippen LogP contribution in [0.3, 0.4) is 0 Å². The summed E-state index contributed by atoms with van der Waals surface area (Å²) in [7, 11) is 0. The number of benzene rings is 1. The molecule has 78 valence electrons. The fraction of sp³-hybridized carbons (Fsp3) is 0.200. The zero-order valence-electron chi connectivity index (χ0n) is 8.18. The first-order chi connectivity index (χ1) is 7.38. The van der Waals surface area contributed by atoms with Gasteiger partial charge in [-0.1, -0.05) is 18.2 Å². The highest BCUT2D eigenvalue weighted by molar-refractivity contribution is 5.20. The maximum Gasteiger partial charge on any atom is 0.164 e. The Labute approximate surface area is 87.3 Å². The Hall–Kier alpha value is -1.88. The van der Waals surface area contributed by atoms with E-state index in [1.807, 2.05) is 30.3 Å². The number of nitrogens with one attached hydrogen (secondary N) is 1. The van der Waals surface area contributed by atoms with Crippen LogP contribution in [0.4, 0.5) is 0 Å². The van der Waals surface area contributed by atoms with Crippen LogP contribution in [-0.4, -0.2) is 15.2 Å². The van der Waals surface area contributed by atoms with Gasteiger partial charge >= 0.3 is 0 Å². The Morgan fingerprint density at radius 3 is 2.73 bits per heavy atom. The molecule has 0 radical (unpaired) electrons. The van der Waals surface area contributed by atoms with Crippen LogP contribution >= 0.6 is 0 Å². The van der Waals surface area contributed by atoms with Crippen molar-refractivity contribution in [2.45, 2.75) is 13.2 Å². The number of para-hydroxylation sites is 1. The van der Waals surface area contributed by atoms with Gasteiger partial charge in [0, 0.05) is 0 Å². The van der Waals surface area contributed by atoms with Crippen LogP contribution in [0, 0.1) is 0 Å². The van der Waals surface area contributed by atoms with Gasteiger partial charge in [0.1, 0.15) is 12.4 Å². The van der Waals surface area contributed by atoms with Gasteiger partial charge in [0.2, 0.25) is 0 Å². The van der Waals surface area contributed by atoms with Crippen LogP contribution in [0.2, 0.25) is 0 Å².